The number of hydrogen-bond acceptors (Lipinski definition) is 2. The first-order chi connectivity index (χ1) is 10.7. The summed E-state index contributed by atoms with van der Waals surface area (Å²) in [6.45, 7) is 1.91. The van der Waals surface area contributed by atoms with Crippen LogP contribution in [0.15, 0.2) is 18.2 Å². The molecule has 23 heavy (non-hydrogen) atoms. The van der Waals surface area contributed by atoms with Gasteiger partial charge in [0.1, 0.15) is 0 Å². The quantitative estimate of drug-likeness (QED) is 0.845. The predicted octanol–water partition coefficient (Wildman–Crippen LogP) is 4.59. The maximum Gasteiger partial charge on any atom is 0.393 e. The number of nitrogens with one attached hydrogen (secondary N) is 1. The fourth-order valence-electron chi connectivity index (χ4n) is 2.66. The van der Waals surface area contributed by atoms with Crippen LogP contribution in [0.1, 0.15) is 19.8 Å². The highest BCUT2D eigenvalue weighted by molar-refractivity contribution is 6.35. The van der Waals surface area contributed by atoms with E-state index < -0.39 is 18.1 Å². The molecule has 0 unspecified atom stereocenters. The third kappa shape index (κ3) is 4.99. The number of amides is 1. The number of hydrogen-bond donors (Lipinski definition) is 1. The third-order valence-corrected chi connectivity index (χ3v) is 4.41. The van der Waals surface area contributed by atoms with Crippen molar-refractivity contribution in [3.05, 3.63) is 28.2 Å². The Morgan fingerprint density at radius 1 is 1.30 bits per heavy atom. The molecular formula is C15H17Cl2F3N2O. The van der Waals surface area contributed by atoms with Gasteiger partial charge in [0.25, 0.3) is 0 Å². The highest BCUT2D eigenvalue weighted by atomic mass is 35.5. The minimum Gasteiger partial charge on any atom is -0.325 e. The molecule has 1 fully saturated rings. The number of nitrogens with zero attached hydrogens (tertiary/aromatic N) is 1. The molecule has 1 N–H and O–H groups in total. The van der Waals surface area contributed by atoms with Crippen molar-refractivity contribution in [3.8, 4) is 0 Å². The lowest BCUT2D eigenvalue weighted by Crippen LogP contribution is -2.49. The molecule has 128 valence electrons. The molecule has 0 saturated carbocycles. The second-order valence-corrected chi connectivity index (χ2v) is 6.57. The van der Waals surface area contributed by atoms with Crippen molar-refractivity contribution in [2.75, 3.05) is 18.4 Å². The Morgan fingerprint density at radius 2 is 1.91 bits per heavy atom. The molecule has 2 rings (SSSR count). The fraction of sp³-hybridized carbons (Fsp3) is 0.533. The number of alkyl halides is 3. The summed E-state index contributed by atoms with van der Waals surface area (Å²) in [4.78, 5) is 13.8. The number of carbonyl (C=O) groups excluding carboxylic acids is 1. The van der Waals surface area contributed by atoms with Crippen LogP contribution in [0.3, 0.4) is 0 Å². The van der Waals surface area contributed by atoms with E-state index >= 15 is 0 Å². The molecule has 0 aliphatic carbocycles. The smallest absolute Gasteiger partial charge is 0.325 e. The van der Waals surface area contributed by atoms with E-state index in [1.807, 2.05) is 0 Å². The first kappa shape index (κ1) is 18.4. The first-order valence-electron chi connectivity index (χ1n) is 7.24. The molecule has 0 radical (unpaired) electrons. The van der Waals surface area contributed by atoms with E-state index in [4.69, 9.17) is 23.2 Å². The molecule has 0 aromatic heterocycles. The van der Waals surface area contributed by atoms with Crippen molar-refractivity contribution in [2.45, 2.75) is 32.0 Å². The number of anilines is 1. The first-order valence-corrected chi connectivity index (χ1v) is 8.00. The summed E-state index contributed by atoms with van der Waals surface area (Å²) in [6.07, 6.45) is -3.70. The number of rotatable bonds is 3. The molecule has 0 bridgehead atoms. The lowest BCUT2D eigenvalue weighted by atomic mass is 9.96. The average Bonchev–Trinajstić information content (AvgIpc) is 2.44. The largest absolute Gasteiger partial charge is 0.393 e. The van der Waals surface area contributed by atoms with Gasteiger partial charge in [0, 0.05) is 22.3 Å². The Balaban J connectivity index is 2.01. The summed E-state index contributed by atoms with van der Waals surface area (Å²) in [7, 11) is 0. The standard InChI is InChI=1S/C15H17Cl2F3N2O/c1-9(22-4-2-3-10(8-22)15(18,19)20)14(23)21-13-6-11(16)5-12(17)7-13/h5-7,9-10H,2-4,8H2,1H3,(H,21,23)/t9-,10-/m1/s1. The predicted molar refractivity (Wildman–Crippen MR) is 84.9 cm³/mol. The highest BCUT2D eigenvalue weighted by Crippen LogP contribution is 2.33. The molecule has 3 nitrogen and oxygen atoms in total. The van der Waals surface area contributed by atoms with Gasteiger partial charge in [-0.25, -0.2) is 0 Å². The van der Waals surface area contributed by atoms with Gasteiger partial charge in [-0.3, -0.25) is 9.69 Å². The third-order valence-electron chi connectivity index (χ3n) is 3.97. The van der Waals surface area contributed by atoms with Gasteiger partial charge in [-0.05, 0) is 44.5 Å². The molecule has 0 spiro atoms. The summed E-state index contributed by atoms with van der Waals surface area (Å²) in [5.41, 5.74) is 0.420. The lowest BCUT2D eigenvalue weighted by molar-refractivity contribution is -0.188. The van der Waals surface area contributed by atoms with Gasteiger partial charge in [-0.1, -0.05) is 23.2 Å². The fourth-order valence-corrected chi connectivity index (χ4v) is 3.19. The topological polar surface area (TPSA) is 32.3 Å². The van der Waals surface area contributed by atoms with E-state index in [0.29, 0.717) is 28.7 Å². The summed E-state index contributed by atoms with van der Waals surface area (Å²) in [5, 5.41) is 3.39. The lowest BCUT2D eigenvalue weighted by Gasteiger charge is -2.36. The summed E-state index contributed by atoms with van der Waals surface area (Å²) in [6, 6.07) is 3.93. The Morgan fingerprint density at radius 3 is 2.48 bits per heavy atom. The van der Waals surface area contributed by atoms with Gasteiger partial charge in [0.05, 0.1) is 12.0 Å². The van der Waals surface area contributed by atoms with Crippen molar-refractivity contribution >= 4 is 34.8 Å². The highest BCUT2D eigenvalue weighted by Gasteiger charge is 2.43. The number of carbonyl (C=O) groups is 1. The van der Waals surface area contributed by atoms with Crippen LogP contribution in [-0.2, 0) is 4.79 Å². The van der Waals surface area contributed by atoms with E-state index in [1.165, 1.54) is 18.2 Å². The molecular weight excluding hydrogens is 352 g/mol. The van der Waals surface area contributed by atoms with E-state index in [9.17, 15) is 18.0 Å². The van der Waals surface area contributed by atoms with Crippen LogP contribution in [0.4, 0.5) is 18.9 Å². The van der Waals surface area contributed by atoms with Crippen LogP contribution in [0.25, 0.3) is 0 Å². The van der Waals surface area contributed by atoms with Crippen LogP contribution < -0.4 is 5.32 Å². The van der Waals surface area contributed by atoms with Crippen LogP contribution in [0, 0.1) is 5.92 Å². The van der Waals surface area contributed by atoms with Crippen LogP contribution >= 0.6 is 23.2 Å². The molecule has 1 aliphatic rings. The van der Waals surface area contributed by atoms with Crippen molar-refractivity contribution in [1.29, 1.82) is 0 Å². The Hall–Kier alpha value is -0.980. The Bertz CT molecular complexity index is 560. The molecule has 8 heteroatoms. The Kier molecular flexibility index (Phi) is 5.81. The van der Waals surface area contributed by atoms with Crippen molar-refractivity contribution < 1.29 is 18.0 Å². The van der Waals surface area contributed by atoms with Gasteiger partial charge < -0.3 is 5.32 Å². The number of likely N-dealkylation sites (tertiary alicyclic amines) is 1. The van der Waals surface area contributed by atoms with Gasteiger partial charge in [0.15, 0.2) is 0 Å². The zero-order chi connectivity index (χ0) is 17.2. The SMILES string of the molecule is C[C@H](C(=O)Nc1cc(Cl)cc(Cl)c1)N1CCC[C@@H](C(F)(F)F)C1. The van der Waals surface area contributed by atoms with Gasteiger partial charge in [-0.15, -0.1) is 0 Å². The van der Waals surface area contributed by atoms with E-state index in [0.717, 1.165) is 0 Å². The number of benzene rings is 1. The van der Waals surface area contributed by atoms with Crippen LogP contribution in [0.5, 0.6) is 0 Å². The van der Waals surface area contributed by atoms with Crippen molar-refractivity contribution in [1.82, 2.24) is 4.90 Å². The van der Waals surface area contributed by atoms with Gasteiger partial charge in [0.2, 0.25) is 5.91 Å². The van der Waals surface area contributed by atoms with Crippen LogP contribution in [-0.4, -0.2) is 36.1 Å². The van der Waals surface area contributed by atoms with E-state index in [-0.39, 0.29) is 18.9 Å². The second kappa shape index (κ2) is 7.28. The molecule has 2 atom stereocenters. The van der Waals surface area contributed by atoms with E-state index in [2.05, 4.69) is 5.32 Å². The zero-order valence-electron chi connectivity index (χ0n) is 12.5. The number of piperidine rings is 1. The molecule has 1 saturated heterocycles. The van der Waals surface area contributed by atoms with Crippen LogP contribution in [0.2, 0.25) is 10.0 Å². The maximum absolute atomic E-state index is 12.9. The minimum atomic E-state index is -4.23. The molecule has 1 aliphatic heterocycles. The molecule has 1 heterocycles. The molecule has 1 aromatic rings. The number of halogens is 5. The molecule has 1 amide bonds. The average molecular weight is 369 g/mol. The minimum absolute atomic E-state index is 0.109. The van der Waals surface area contributed by atoms with E-state index in [1.54, 1.807) is 11.8 Å². The molecule has 1 aromatic carbocycles. The monoisotopic (exact) mass is 368 g/mol. The van der Waals surface area contributed by atoms with Gasteiger partial charge >= 0.3 is 6.18 Å². The van der Waals surface area contributed by atoms with Crippen molar-refractivity contribution in [3.63, 3.8) is 0 Å². The second-order valence-electron chi connectivity index (χ2n) is 5.70. The summed E-state index contributed by atoms with van der Waals surface area (Å²) in [5.74, 6) is -1.77. The summed E-state index contributed by atoms with van der Waals surface area (Å²) < 4.78 is 38.6. The maximum atomic E-state index is 12.9. The summed E-state index contributed by atoms with van der Waals surface area (Å²) >= 11 is 11.7. The van der Waals surface area contributed by atoms with Crippen molar-refractivity contribution in [2.24, 2.45) is 5.92 Å². The Labute approximate surface area is 142 Å². The zero-order valence-corrected chi connectivity index (χ0v) is 14.0. The normalized spacial score (nSPS) is 21.0. The van der Waals surface area contributed by atoms with Gasteiger partial charge in [-0.2, -0.15) is 13.2 Å².